The summed E-state index contributed by atoms with van der Waals surface area (Å²) in [6, 6.07) is 12.4. The maximum atomic E-state index is 13.3. The molecule has 0 heterocycles. The molecule has 1 saturated carbocycles. The normalized spacial score (nSPS) is 15.5. The van der Waals surface area contributed by atoms with Gasteiger partial charge in [-0.1, -0.05) is 69.4 Å². The van der Waals surface area contributed by atoms with Crippen molar-refractivity contribution in [3.05, 3.63) is 59.2 Å². The van der Waals surface area contributed by atoms with Crippen LogP contribution in [0.2, 0.25) is 0 Å². The summed E-state index contributed by atoms with van der Waals surface area (Å²) in [6.45, 7) is 4.82. The molecule has 10 heteroatoms. The molecule has 3 rings (SSSR count). The summed E-state index contributed by atoms with van der Waals surface area (Å²) < 4.78 is 23.1. The molecule has 0 bridgehead atoms. The summed E-state index contributed by atoms with van der Waals surface area (Å²) in [5, 5.41) is 17.9. The number of hydrogen-bond donors (Lipinski definition) is 2. The summed E-state index contributed by atoms with van der Waals surface area (Å²) in [7, 11) is -3.40. The zero-order chi connectivity index (χ0) is 29.1. The van der Waals surface area contributed by atoms with E-state index in [2.05, 4.69) is 17.6 Å². The van der Waals surface area contributed by atoms with Crippen molar-refractivity contribution in [2.45, 2.75) is 77.4 Å². The number of aryl methyl sites for hydroxylation is 1. The van der Waals surface area contributed by atoms with Crippen molar-refractivity contribution in [2.24, 2.45) is 5.92 Å². The van der Waals surface area contributed by atoms with Crippen molar-refractivity contribution in [2.75, 3.05) is 23.5 Å². The molecule has 0 saturated heterocycles. The van der Waals surface area contributed by atoms with Crippen LogP contribution in [0.1, 0.15) is 73.4 Å². The smallest absolute Gasteiger partial charge is 0.548 e. The number of carbonyl (C=O) groups excluding carboxylic acids is 2. The zero-order valence-corrected chi connectivity index (χ0v) is 26.5. The van der Waals surface area contributed by atoms with Crippen LogP contribution in [0.5, 0.6) is 0 Å². The van der Waals surface area contributed by atoms with E-state index in [9.17, 15) is 23.1 Å². The number of carboxylic acids is 1. The van der Waals surface area contributed by atoms with E-state index in [0.717, 1.165) is 40.4 Å². The largest absolute Gasteiger partial charge is 1.00 e. The number of rotatable bonds is 15. The zero-order valence-electron chi connectivity index (χ0n) is 24.9. The standard InChI is InChI=1S/C31H44N2O5S2.Li/c1-4-39-21-25(18-23-11-6-5-7-12-23)32-20-24-14-15-27(28(19-24)26-13-9-8-10-22(26)2)30(34)33-29(31(35)36)16-17-40(3,37)38;/h8-10,13-15,19,23,25,29,32H,4-7,11-12,16-18,20-21H2,1-3H3,(H,33,34)(H,35,36);/q;+1/p-1/t25-,29-;/m0./s1. The molecule has 1 amide bonds. The maximum absolute atomic E-state index is 13.3. The first kappa shape index (κ1) is 35.4. The Balaban J connectivity index is 0.00000588. The fraction of sp³-hybridized carbons (Fsp3) is 0.548. The van der Waals surface area contributed by atoms with Gasteiger partial charge in [-0.15, -0.1) is 0 Å². The SMILES string of the molecule is CCSC[C@H](CC1CCCCC1)NCc1ccc(C(=O)N[C@@H](CCS(C)(=O)=O)C(=O)[O-])c(-c2ccccc2C)c1.[Li+]. The predicted octanol–water partition coefficient (Wildman–Crippen LogP) is 1.13. The van der Waals surface area contributed by atoms with Crippen LogP contribution in [-0.4, -0.2) is 55.9 Å². The van der Waals surface area contributed by atoms with Gasteiger partial charge >= 0.3 is 18.9 Å². The van der Waals surface area contributed by atoms with Crippen LogP contribution in [0.4, 0.5) is 0 Å². The Bertz CT molecular complexity index is 1250. The van der Waals surface area contributed by atoms with E-state index < -0.39 is 27.8 Å². The molecular formula is C31H43LiN2O5S2. The predicted molar refractivity (Wildman–Crippen MR) is 162 cm³/mol. The number of sulfone groups is 1. The summed E-state index contributed by atoms with van der Waals surface area (Å²) in [4.78, 5) is 25.0. The van der Waals surface area contributed by atoms with Crippen LogP contribution in [0.3, 0.4) is 0 Å². The first-order valence-corrected chi connectivity index (χ1v) is 17.5. The molecule has 0 radical (unpaired) electrons. The fourth-order valence-corrected chi connectivity index (χ4v) is 6.81. The van der Waals surface area contributed by atoms with Crippen LogP contribution in [0.15, 0.2) is 42.5 Å². The first-order valence-electron chi connectivity index (χ1n) is 14.3. The maximum Gasteiger partial charge on any atom is 1.00 e. The number of carboxylic acid groups (broad SMARTS) is 1. The summed E-state index contributed by atoms with van der Waals surface area (Å²) in [5.41, 5.74) is 3.96. The Labute approximate surface area is 262 Å². The van der Waals surface area contributed by atoms with E-state index in [1.54, 1.807) is 6.07 Å². The molecule has 0 aromatic heterocycles. The van der Waals surface area contributed by atoms with Gasteiger partial charge in [-0.25, -0.2) is 8.42 Å². The van der Waals surface area contributed by atoms with Gasteiger partial charge in [0.05, 0.1) is 17.8 Å². The summed E-state index contributed by atoms with van der Waals surface area (Å²) in [6.07, 6.45) is 8.58. The Morgan fingerprint density at radius 3 is 2.41 bits per heavy atom. The quantitative estimate of drug-likeness (QED) is 0.297. The average molecular weight is 595 g/mol. The number of amides is 1. The molecule has 2 aromatic carbocycles. The van der Waals surface area contributed by atoms with Gasteiger partial charge in [0.2, 0.25) is 0 Å². The number of benzene rings is 2. The van der Waals surface area contributed by atoms with Crippen molar-refractivity contribution in [3.63, 3.8) is 0 Å². The third-order valence-corrected chi connectivity index (χ3v) is 9.62. The molecule has 1 fully saturated rings. The second-order valence-electron chi connectivity index (χ2n) is 10.9. The van der Waals surface area contributed by atoms with Crippen molar-refractivity contribution in [3.8, 4) is 11.1 Å². The van der Waals surface area contributed by atoms with E-state index >= 15 is 0 Å². The van der Waals surface area contributed by atoms with Gasteiger partial charge in [0.15, 0.2) is 0 Å². The van der Waals surface area contributed by atoms with Crippen LogP contribution in [-0.2, 0) is 21.2 Å². The van der Waals surface area contributed by atoms with Gasteiger partial charge in [-0.05, 0) is 65.8 Å². The summed E-state index contributed by atoms with van der Waals surface area (Å²) >= 11 is 1.96. The Kier molecular flexibility index (Phi) is 15.0. The Hall–Kier alpha value is -1.76. The van der Waals surface area contributed by atoms with Crippen molar-refractivity contribution >= 4 is 33.5 Å². The van der Waals surface area contributed by atoms with Crippen molar-refractivity contribution in [1.29, 1.82) is 0 Å². The van der Waals surface area contributed by atoms with Crippen LogP contribution >= 0.6 is 11.8 Å². The molecule has 2 N–H and O–H groups in total. The van der Waals surface area contributed by atoms with E-state index in [4.69, 9.17) is 0 Å². The Morgan fingerprint density at radius 2 is 1.78 bits per heavy atom. The minimum absolute atomic E-state index is 0. The molecule has 41 heavy (non-hydrogen) atoms. The van der Waals surface area contributed by atoms with Crippen LogP contribution < -0.4 is 34.6 Å². The molecule has 7 nitrogen and oxygen atoms in total. The fourth-order valence-electron chi connectivity index (χ4n) is 5.37. The van der Waals surface area contributed by atoms with Crippen molar-refractivity contribution in [1.82, 2.24) is 10.6 Å². The number of thioether (sulfide) groups is 1. The van der Waals surface area contributed by atoms with E-state index in [1.165, 1.54) is 38.5 Å². The van der Waals surface area contributed by atoms with Crippen molar-refractivity contribution < 1.29 is 42.0 Å². The van der Waals surface area contributed by atoms with Gasteiger partial charge in [-0.3, -0.25) is 4.79 Å². The molecular weight excluding hydrogens is 551 g/mol. The first-order chi connectivity index (χ1) is 19.1. The van der Waals surface area contributed by atoms with Crippen LogP contribution in [0.25, 0.3) is 11.1 Å². The molecule has 0 spiro atoms. The van der Waals surface area contributed by atoms with E-state index in [1.807, 2.05) is 55.1 Å². The number of nitrogens with one attached hydrogen (secondary N) is 2. The van der Waals surface area contributed by atoms with Gasteiger partial charge in [0, 0.05) is 30.2 Å². The minimum atomic E-state index is -3.40. The van der Waals surface area contributed by atoms with Crippen LogP contribution in [0, 0.1) is 12.8 Å². The number of aliphatic carboxylic acids is 1. The minimum Gasteiger partial charge on any atom is -0.548 e. The molecule has 0 aliphatic heterocycles. The third kappa shape index (κ3) is 11.8. The second kappa shape index (κ2) is 17.4. The topological polar surface area (TPSA) is 115 Å². The van der Waals surface area contributed by atoms with Gasteiger partial charge < -0.3 is 20.5 Å². The molecule has 1 aliphatic rings. The molecule has 1 aliphatic carbocycles. The third-order valence-electron chi connectivity index (χ3n) is 7.59. The molecule has 2 aromatic rings. The molecule has 0 unspecified atom stereocenters. The average Bonchev–Trinajstić information content (AvgIpc) is 2.92. The second-order valence-corrected chi connectivity index (χ2v) is 14.5. The number of carbonyl (C=O) groups is 2. The van der Waals surface area contributed by atoms with E-state index in [0.29, 0.717) is 23.7 Å². The van der Waals surface area contributed by atoms with Gasteiger partial charge in [0.25, 0.3) is 5.91 Å². The number of hydrogen-bond acceptors (Lipinski definition) is 7. The molecule has 220 valence electrons. The van der Waals surface area contributed by atoms with Gasteiger partial charge in [0.1, 0.15) is 9.84 Å². The van der Waals surface area contributed by atoms with E-state index in [-0.39, 0.29) is 31.0 Å². The summed E-state index contributed by atoms with van der Waals surface area (Å²) in [5.74, 6) is 0.479. The Morgan fingerprint density at radius 1 is 1.07 bits per heavy atom. The molecule has 2 atom stereocenters. The monoisotopic (exact) mass is 594 g/mol. The van der Waals surface area contributed by atoms with Gasteiger partial charge in [-0.2, -0.15) is 11.8 Å².